The zero-order valence-electron chi connectivity index (χ0n) is 39.5. The Kier molecular flexibility index (Phi) is 12.6. The van der Waals surface area contributed by atoms with Gasteiger partial charge in [-0.15, -0.1) is 0 Å². The Morgan fingerprint density at radius 2 is 0.631 bits per heavy atom. The maximum atomic E-state index is 7.30. The quantitative estimate of drug-likeness (QED) is 0.121. The monoisotopic (exact) mass is 854 g/mol. The van der Waals surface area contributed by atoms with Crippen molar-refractivity contribution >= 4 is 44.4 Å². The zero-order valence-corrected chi connectivity index (χ0v) is 39.5. The summed E-state index contributed by atoms with van der Waals surface area (Å²) in [5.74, 6) is 1.60. The Morgan fingerprint density at radius 3 is 0.954 bits per heavy atom. The first-order valence-corrected chi connectivity index (χ1v) is 24.2. The fraction of sp³-hybridized carbons (Fsp3) is 0.267. The van der Waals surface area contributed by atoms with E-state index in [2.05, 4.69) is 181 Å². The molecule has 0 fully saturated rings. The summed E-state index contributed by atoms with van der Waals surface area (Å²) in [6.45, 7) is 18.3. The molecule has 0 saturated heterocycles. The Labute approximate surface area is 385 Å². The smallest absolute Gasteiger partial charge is 0.174 e. The standard InChI is InChI=1S/C60H62N4O/c1-9-41-43(11-3)54-50(38-31-23-18-24-32-38)56-45(13-5)47(15-7)58(63-56)60(65-40-35-27-20-28-36-40)59-48(16-8)46(14-6)57(64-59)51(39-33-25-19-26-34-39)55-44(12-4)42(10-2)53(62-55)49(52(41)61-54)37-29-21-17-22-30-37/h17-36,63-64H,9-16H2,1-8H3. The van der Waals surface area contributed by atoms with Gasteiger partial charge < -0.3 is 14.7 Å². The summed E-state index contributed by atoms with van der Waals surface area (Å²) in [5, 5.41) is 0. The molecule has 0 saturated carbocycles. The number of aryl methyl sites for hydroxylation is 4. The second kappa shape index (κ2) is 18.8. The van der Waals surface area contributed by atoms with Crippen LogP contribution < -0.4 is 4.74 Å². The van der Waals surface area contributed by atoms with E-state index in [1.54, 1.807) is 0 Å². The number of allylic oxidation sites excluding steroid dienone is 4. The minimum Gasteiger partial charge on any atom is -0.453 e. The van der Waals surface area contributed by atoms with E-state index in [0.29, 0.717) is 0 Å². The number of H-pyrrole nitrogens is 2. The maximum Gasteiger partial charge on any atom is 0.174 e. The second-order valence-corrected chi connectivity index (χ2v) is 17.0. The van der Waals surface area contributed by atoms with Crippen LogP contribution in [0.5, 0.6) is 11.5 Å². The summed E-state index contributed by atoms with van der Waals surface area (Å²) in [5.41, 5.74) is 25.3. The van der Waals surface area contributed by atoms with Crippen LogP contribution in [0, 0.1) is 0 Å². The lowest BCUT2D eigenvalue weighted by atomic mass is 9.89. The van der Waals surface area contributed by atoms with Crippen molar-refractivity contribution in [2.45, 2.75) is 107 Å². The largest absolute Gasteiger partial charge is 0.453 e. The van der Waals surface area contributed by atoms with Crippen molar-refractivity contribution in [3.05, 3.63) is 166 Å². The van der Waals surface area contributed by atoms with Gasteiger partial charge in [-0.2, -0.15) is 0 Å². The third kappa shape index (κ3) is 7.45. The first-order chi connectivity index (χ1) is 31.9. The van der Waals surface area contributed by atoms with Crippen LogP contribution in [0.25, 0.3) is 77.7 Å². The lowest BCUT2D eigenvalue weighted by Crippen LogP contribution is -1.95. The molecule has 0 radical (unpaired) electrons. The molecule has 9 rings (SSSR count). The highest BCUT2D eigenvalue weighted by Gasteiger charge is 2.32. The van der Waals surface area contributed by atoms with Gasteiger partial charge in [0, 0.05) is 16.7 Å². The first kappa shape index (κ1) is 43.5. The molecular weight excluding hydrogens is 793 g/mol. The Bertz CT molecular complexity index is 2940. The van der Waals surface area contributed by atoms with Crippen molar-refractivity contribution in [3.8, 4) is 44.9 Å². The van der Waals surface area contributed by atoms with Gasteiger partial charge in [-0.25, -0.2) is 9.97 Å². The number of nitrogens with one attached hydrogen (secondary N) is 2. The molecule has 0 spiro atoms. The summed E-state index contributed by atoms with van der Waals surface area (Å²) in [6, 6.07) is 43.0. The lowest BCUT2D eigenvalue weighted by Gasteiger charge is -2.13. The number of aromatic nitrogens is 4. The molecule has 0 aliphatic carbocycles. The van der Waals surface area contributed by atoms with Gasteiger partial charge in [0.15, 0.2) is 5.75 Å². The van der Waals surface area contributed by atoms with Crippen LogP contribution in [0.1, 0.15) is 126 Å². The van der Waals surface area contributed by atoms with Gasteiger partial charge >= 0.3 is 0 Å². The van der Waals surface area contributed by atoms with Gasteiger partial charge in [-0.1, -0.05) is 165 Å². The van der Waals surface area contributed by atoms with Crippen molar-refractivity contribution in [2.24, 2.45) is 0 Å². The molecule has 5 nitrogen and oxygen atoms in total. The van der Waals surface area contributed by atoms with E-state index < -0.39 is 0 Å². The number of rotatable bonds is 13. The predicted octanol–water partition coefficient (Wildman–Crippen LogP) is 16.8. The van der Waals surface area contributed by atoms with Crippen LogP contribution in [-0.2, 0) is 25.7 Å². The molecule has 65 heavy (non-hydrogen) atoms. The average Bonchev–Trinajstić information content (AvgIpc) is 4.12. The number of nitrogens with zero attached hydrogens (tertiary/aromatic N) is 2. The van der Waals surface area contributed by atoms with E-state index in [1.165, 1.54) is 44.5 Å². The molecule has 5 heteroatoms. The van der Waals surface area contributed by atoms with Crippen molar-refractivity contribution in [1.82, 2.24) is 19.9 Å². The van der Waals surface area contributed by atoms with Crippen LogP contribution in [0.4, 0.5) is 0 Å². The van der Waals surface area contributed by atoms with Gasteiger partial charge in [0.1, 0.15) is 5.75 Å². The summed E-state index contributed by atoms with van der Waals surface area (Å²) < 4.78 is 7.30. The van der Waals surface area contributed by atoms with E-state index in [1.807, 2.05) is 6.07 Å². The molecule has 3 aromatic heterocycles. The molecule has 2 aliphatic rings. The molecule has 0 atom stereocenters. The molecular formula is C60H62N4O. The van der Waals surface area contributed by atoms with E-state index in [9.17, 15) is 0 Å². The van der Waals surface area contributed by atoms with Crippen molar-refractivity contribution < 1.29 is 4.74 Å². The van der Waals surface area contributed by atoms with E-state index in [0.717, 1.165) is 141 Å². The van der Waals surface area contributed by atoms with Crippen LogP contribution in [0.3, 0.4) is 0 Å². The number of hydrogen-bond donors (Lipinski definition) is 2. The summed E-state index contributed by atoms with van der Waals surface area (Å²) >= 11 is 0. The van der Waals surface area contributed by atoms with Gasteiger partial charge in [0.25, 0.3) is 0 Å². The molecule has 4 aromatic carbocycles. The second-order valence-electron chi connectivity index (χ2n) is 17.0. The highest BCUT2D eigenvalue weighted by Crippen LogP contribution is 2.50. The lowest BCUT2D eigenvalue weighted by molar-refractivity contribution is 0.491. The number of ether oxygens (including phenoxy) is 1. The molecule has 2 N–H and O–H groups in total. The third-order valence-electron chi connectivity index (χ3n) is 13.6. The maximum absolute atomic E-state index is 7.30. The first-order valence-electron chi connectivity index (χ1n) is 24.2. The predicted molar refractivity (Wildman–Crippen MR) is 276 cm³/mol. The SMILES string of the molecule is CCC1=C(CC)c2nc1c(-c1ccccc1)c1nc(c(-c3ccccc3)c3[nH]c(c(CC)c3CC)c(Oc3ccccc3)c3[nH]c(c(CC)c3CC)c2-c2ccccc2)C(CC)=C1CC. The summed E-state index contributed by atoms with van der Waals surface area (Å²) in [6.07, 6.45) is 6.67. The minimum absolute atomic E-state index is 0.791. The van der Waals surface area contributed by atoms with E-state index >= 15 is 0 Å². The van der Waals surface area contributed by atoms with Crippen LogP contribution in [-0.4, -0.2) is 19.9 Å². The number of fused-ring (bicyclic) bond motifs is 8. The highest BCUT2D eigenvalue weighted by molar-refractivity contribution is 6.08. The van der Waals surface area contributed by atoms with Crippen LogP contribution in [0.2, 0.25) is 0 Å². The summed E-state index contributed by atoms with van der Waals surface area (Å²) in [4.78, 5) is 20.3. The number of para-hydroxylation sites is 1. The molecule has 0 unspecified atom stereocenters. The van der Waals surface area contributed by atoms with Gasteiger partial charge in [-0.05, 0) is 125 Å². The topological polar surface area (TPSA) is 66.6 Å². The van der Waals surface area contributed by atoms with Gasteiger partial charge in [0.05, 0.1) is 44.8 Å². The van der Waals surface area contributed by atoms with E-state index in [-0.39, 0.29) is 0 Å². The normalized spacial score (nSPS) is 12.7. The Balaban J connectivity index is 1.67. The number of aromatic amines is 2. The fourth-order valence-corrected chi connectivity index (χ4v) is 10.8. The zero-order chi connectivity index (χ0) is 45.2. The summed E-state index contributed by atoms with van der Waals surface area (Å²) in [7, 11) is 0. The van der Waals surface area contributed by atoms with Crippen LogP contribution >= 0.6 is 0 Å². The molecule has 328 valence electrons. The molecule has 7 aromatic rings. The molecule has 0 amide bonds. The van der Waals surface area contributed by atoms with E-state index in [4.69, 9.17) is 14.7 Å². The Hall–Kier alpha value is -6.72. The fourth-order valence-electron chi connectivity index (χ4n) is 10.8. The van der Waals surface area contributed by atoms with Crippen molar-refractivity contribution in [2.75, 3.05) is 0 Å². The number of hydrogen-bond acceptors (Lipinski definition) is 3. The van der Waals surface area contributed by atoms with Gasteiger partial charge in [0.2, 0.25) is 0 Å². The highest BCUT2D eigenvalue weighted by atomic mass is 16.5. The minimum atomic E-state index is 0.791. The molecule has 8 bridgehead atoms. The van der Waals surface area contributed by atoms with Gasteiger partial charge in [-0.3, -0.25) is 0 Å². The number of benzene rings is 4. The third-order valence-corrected chi connectivity index (χ3v) is 13.6. The van der Waals surface area contributed by atoms with Crippen molar-refractivity contribution in [3.63, 3.8) is 0 Å². The van der Waals surface area contributed by atoms with Crippen molar-refractivity contribution in [1.29, 1.82) is 0 Å². The van der Waals surface area contributed by atoms with Crippen LogP contribution in [0.15, 0.2) is 121 Å². The molecule has 2 aliphatic heterocycles. The molecule has 5 heterocycles. The Morgan fingerprint density at radius 1 is 0.338 bits per heavy atom. The average molecular weight is 855 g/mol.